The molecule has 1 aromatic carbocycles. The topological polar surface area (TPSA) is 42.4 Å². The Kier molecular flexibility index (Phi) is 3.47. The Morgan fingerprint density at radius 2 is 2.14 bits per heavy atom. The van der Waals surface area contributed by atoms with Crippen molar-refractivity contribution in [3.05, 3.63) is 35.8 Å². The lowest BCUT2D eigenvalue weighted by Gasteiger charge is -2.43. The second-order valence-electron chi connectivity index (χ2n) is 5.71. The van der Waals surface area contributed by atoms with Gasteiger partial charge >= 0.3 is 5.97 Å². The van der Waals surface area contributed by atoms with Crippen LogP contribution in [0, 0.1) is 5.82 Å². The van der Waals surface area contributed by atoms with E-state index in [1.165, 1.54) is 19.2 Å². The molecule has 1 aliphatic rings. The number of rotatable bonds is 3. The van der Waals surface area contributed by atoms with Crippen molar-refractivity contribution in [1.29, 1.82) is 0 Å². The van der Waals surface area contributed by atoms with Gasteiger partial charge in [-0.15, -0.1) is 0 Å². The van der Waals surface area contributed by atoms with Gasteiger partial charge < -0.3 is 9.64 Å². The van der Waals surface area contributed by atoms with E-state index in [1.807, 2.05) is 0 Å². The van der Waals surface area contributed by atoms with Crippen molar-refractivity contribution < 1.29 is 18.3 Å². The van der Waals surface area contributed by atoms with E-state index in [0.29, 0.717) is 16.6 Å². The van der Waals surface area contributed by atoms with Crippen LogP contribution in [0.1, 0.15) is 24.2 Å². The maximum absolute atomic E-state index is 14.2. The monoisotopic (exact) mass is 306 g/mol. The van der Waals surface area contributed by atoms with Gasteiger partial charge in [0.2, 0.25) is 0 Å². The Morgan fingerprint density at radius 3 is 2.77 bits per heavy atom. The van der Waals surface area contributed by atoms with Crippen molar-refractivity contribution in [2.45, 2.75) is 19.5 Å². The van der Waals surface area contributed by atoms with E-state index in [1.54, 1.807) is 24.0 Å². The number of anilines is 1. The molecule has 0 aliphatic carbocycles. The number of alkyl halides is 1. The summed E-state index contributed by atoms with van der Waals surface area (Å²) in [5.41, 5.74) is -0.111. The van der Waals surface area contributed by atoms with Gasteiger partial charge in [0.25, 0.3) is 0 Å². The summed E-state index contributed by atoms with van der Waals surface area (Å²) in [6.07, 6.45) is 1.40. The lowest BCUT2D eigenvalue weighted by atomic mass is 9.97. The van der Waals surface area contributed by atoms with E-state index < -0.39 is 17.5 Å². The van der Waals surface area contributed by atoms with Crippen LogP contribution in [0.2, 0.25) is 0 Å². The van der Waals surface area contributed by atoms with Crippen LogP contribution in [0.4, 0.5) is 14.5 Å². The average molecular weight is 306 g/mol. The third-order valence-corrected chi connectivity index (χ3v) is 3.64. The van der Waals surface area contributed by atoms with Crippen LogP contribution in [-0.4, -0.2) is 36.3 Å². The molecule has 3 rings (SSSR count). The van der Waals surface area contributed by atoms with Crippen molar-refractivity contribution >= 4 is 22.6 Å². The summed E-state index contributed by atoms with van der Waals surface area (Å²) in [5.74, 6) is -0.942. The molecule has 6 heteroatoms. The number of nitrogens with zero attached hydrogens (tertiary/aromatic N) is 2. The minimum absolute atomic E-state index is 0.163. The molecule has 1 saturated heterocycles. The third kappa shape index (κ3) is 2.61. The highest BCUT2D eigenvalue weighted by molar-refractivity contribution is 5.94. The maximum atomic E-state index is 14.2. The number of ether oxygens (including phenoxy) is 1. The van der Waals surface area contributed by atoms with Gasteiger partial charge in [-0.05, 0) is 32.0 Å². The fourth-order valence-corrected chi connectivity index (χ4v) is 2.63. The molecule has 2 aromatic rings. The Bertz CT molecular complexity index is 738. The van der Waals surface area contributed by atoms with Gasteiger partial charge in [0, 0.05) is 11.6 Å². The van der Waals surface area contributed by atoms with Crippen LogP contribution in [-0.2, 0) is 4.74 Å². The summed E-state index contributed by atoms with van der Waals surface area (Å²) >= 11 is 0. The van der Waals surface area contributed by atoms with Crippen LogP contribution in [0.5, 0.6) is 0 Å². The third-order valence-electron chi connectivity index (χ3n) is 3.64. The van der Waals surface area contributed by atoms with Gasteiger partial charge in [-0.25, -0.2) is 13.6 Å². The normalized spacial score (nSPS) is 16.5. The molecule has 0 spiro atoms. The number of halogens is 2. The number of hydrogen-bond donors (Lipinski definition) is 0. The fraction of sp³-hybridized carbons (Fsp3) is 0.375. The van der Waals surface area contributed by atoms with Crippen LogP contribution in [0.3, 0.4) is 0 Å². The summed E-state index contributed by atoms with van der Waals surface area (Å²) in [4.78, 5) is 17.5. The van der Waals surface area contributed by atoms with Crippen molar-refractivity contribution in [3.63, 3.8) is 0 Å². The average Bonchev–Trinajstić information content (AvgIpc) is 2.43. The molecule has 0 atom stereocenters. The zero-order chi connectivity index (χ0) is 15.9. The summed E-state index contributed by atoms with van der Waals surface area (Å²) in [6.45, 7) is 3.80. The van der Waals surface area contributed by atoms with Gasteiger partial charge in [0.05, 0.1) is 36.5 Å². The first kappa shape index (κ1) is 14.7. The number of fused-ring (bicyclic) bond motifs is 1. The Balaban J connectivity index is 1.94. The first-order valence-electron chi connectivity index (χ1n) is 7.10. The van der Waals surface area contributed by atoms with Gasteiger partial charge in [-0.3, -0.25) is 4.98 Å². The number of carbonyl (C=O) groups is 1. The molecule has 0 radical (unpaired) electrons. The van der Waals surface area contributed by atoms with E-state index in [0.717, 1.165) is 0 Å². The second kappa shape index (κ2) is 5.19. The molecule has 4 nitrogen and oxygen atoms in total. The molecular weight excluding hydrogens is 290 g/mol. The van der Waals surface area contributed by atoms with E-state index >= 15 is 0 Å². The quantitative estimate of drug-likeness (QED) is 0.817. The molecular formula is C16H16F2N2O2. The zero-order valence-corrected chi connectivity index (χ0v) is 12.4. The van der Waals surface area contributed by atoms with Crippen LogP contribution >= 0.6 is 0 Å². The van der Waals surface area contributed by atoms with Crippen molar-refractivity contribution in [1.82, 2.24) is 4.98 Å². The molecule has 1 aliphatic heterocycles. The van der Waals surface area contributed by atoms with E-state index in [2.05, 4.69) is 4.98 Å². The van der Waals surface area contributed by atoms with Gasteiger partial charge in [-0.2, -0.15) is 0 Å². The van der Waals surface area contributed by atoms with Crippen molar-refractivity contribution in [2.75, 3.05) is 24.6 Å². The van der Waals surface area contributed by atoms with Crippen LogP contribution < -0.4 is 4.90 Å². The molecule has 0 amide bonds. The number of aromatic nitrogens is 1. The van der Waals surface area contributed by atoms with Crippen LogP contribution in [0.15, 0.2) is 24.4 Å². The van der Waals surface area contributed by atoms with E-state index in [-0.39, 0.29) is 25.3 Å². The largest absolute Gasteiger partial charge is 0.462 e. The summed E-state index contributed by atoms with van der Waals surface area (Å²) in [6, 6.07) is 4.44. The predicted octanol–water partition coefficient (Wildman–Crippen LogP) is 3.10. The summed E-state index contributed by atoms with van der Waals surface area (Å²) in [7, 11) is 0. The number of carbonyl (C=O) groups excluding carboxylic acids is 1. The predicted molar refractivity (Wildman–Crippen MR) is 79.4 cm³/mol. The molecule has 0 bridgehead atoms. The number of hydrogen-bond acceptors (Lipinski definition) is 4. The molecule has 0 unspecified atom stereocenters. The highest BCUT2D eigenvalue weighted by Crippen LogP contribution is 2.33. The van der Waals surface area contributed by atoms with Gasteiger partial charge in [0.15, 0.2) is 0 Å². The van der Waals surface area contributed by atoms with Crippen molar-refractivity contribution in [2.24, 2.45) is 0 Å². The molecule has 2 heterocycles. The molecule has 1 aromatic heterocycles. The second-order valence-corrected chi connectivity index (χ2v) is 5.71. The van der Waals surface area contributed by atoms with Gasteiger partial charge in [-0.1, -0.05) is 0 Å². The van der Waals surface area contributed by atoms with E-state index in [4.69, 9.17) is 4.74 Å². The standard InChI is InChI=1S/C16H16F2N2O2/c1-3-22-15(21)11-4-10-5-12(17)14(6-13(10)19-7-11)20-8-16(2,18)9-20/h4-7H,3,8-9H2,1-2H3. The summed E-state index contributed by atoms with van der Waals surface area (Å²) < 4.78 is 32.7. The highest BCUT2D eigenvalue weighted by atomic mass is 19.1. The minimum atomic E-state index is -1.28. The Labute approximate surface area is 126 Å². The van der Waals surface area contributed by atoms with E-state index in [9.17, 15) is 13.6 Å². The minimum Gasteiger partial charge on any atom is -0.462 e. The number of pyridine rings is 1. The number of benzene rings is 1. The van der Waals surface area contributed by atoms with Gasteiger partial charge in [0.1, 0.15) is 11.5 Å². The highest BCUT2D eigenvalue weighted by Gasteiger charge is 2.39. The van der Waals surface area contributed by atoms with Crippen LogP contribution in [0.25, 0.3) is 10.9 Å². The molecule has 0 saturated carbocycles. The Morgan fingerprint density at radius 1 is 1.41 bits per heavy atom. The first-order valence-corrected chi connectivity index (χ1v) is 7.10. The fourth-order valence-electron chi connectivity index (χ4n) is 2.63. The first-order chi connectivity index (χ1) is 10.4. The smallest absolute Gasteiger partial charge is 0.339 e. The molecule has 0 N–H and O–H groups in total. The number of esters is 1. The lowest BCUT2D eigenvalue weighted by molar-refractivity contribution is 0.0526. The lowest BCUT2D eigenvalue weighted by Crippen LogP contribution is -2.57. The zero-order valence-electron chi connectivity index (χ0n) is 12.4. The maximum Gasteiger partial charge on any atom is 0.339 e. The summed E-state index contributed by atoms with van der Waals surface area (Å²) in [5, 5.41) is 0.510. The van der Waals surface area contributed by atoms with Crippen molar-refractivity contribution in [3.8, 4) is 0 Å². The molecule has 22 heavy (non-hydrogen) atoms. The SMILES string of the molecule is CCOC(=O)c1cnc2cc(N3CC(C)(F)C3)c(F)cc2c1. The molecule has 1 fully saturated rings. The molecule has 116 valence electrons. The Hall–Kier alpha value is -2.24.